The minimum Gasteiger partial charge on any atom is -0.192 e. The van der Waals surface area contributed by atoms with E-state index < -0.39 is 0 Å². The first-order valence-corrected chi connectivity index (χ1v) is 3.11. The lowest BCUT2D eigenvalue weighted by atomic mass is 9.99. The molecule has 0 amide bonds. The van der Waals surface area contributed by atoms with Gasteiger partial charge in [0.15, 0.2) is 0 Å². The number of hydrogen-bond acceptors (Lipinski definition) is 1. The fraction of sp³-hybridized carbons (Fsp3) is 0.375. The Kier molecular flexibility index (Phi) is 1.69. The van der Waals surface area contributed by atoms with Crippen molar-refractivity contribution in [2.24, 2.45) is 5.92 Å². The fourth-order valence-corrected chi connectivity index (χ4v) is 0.810. The van der Waals surface area contributed by atoms with Crippen molar-refractivity contribution in [1.82, 2.24) is 0 Å². The van der Waals surface area contributed by atoms with E-state index in [-0.39, 0.29) is 0 Å². The maximum absolute atomic E-state index is 8.41. The summed E-state index contributed by atoms with van der Waals surface area (Å²) in [6, 6.07) is 2.10. The molecule has 1 atom stereocenters. The minimum atomic E-state index is 0.613. The lowest BCUT2D eigenvalue weighted by Gasteiger charge is -2.05. The van der Waals surface area contributed by atoms with E-state index in [0.29, 0.717) is 5.92 Å². The third-order valence-electron chi connectivity index (χ3n) is 1.44. The molecule has 0 aromatic rings. The van der Waals surface area contributed by atoms with Gasteiger partial charge in [0.1, 0.15) is 0 Å². The number of hydrogen-bond donors (Lipinski definition) is 0. The zero-order valence-electron chi connectivity index (χ0n) is 5.46. The Bertz CT molecular complexity index is 193. The highest BCUT2D eigenvalue weighted by Crippen LogP contribution is 2.13. The second-order valence-corrected chi connectivity index (χ2v) is 2.34. The highest BCUT2D eigenvalue weighted by atomic mass is 14.2. The number of nitriles is 1. The average molecular weight is 119 g/mol. The van der Waals surface area contributed by atoms with Crippen LogP contribution in [0, 0.1) is 17.2 Å². The van der Waals surface area contributed by atoms with Gasteiger partial charge in [-0.25, -0.2) is 0 Å². The van der Waals surface area contributed by atoms with Crippen LogP contribution < -0.4 is 0 Å². The van der Waals surface area contributed by atoms with E-state index in [1.807, 2.05) is 12.2 Å². The summed E-state index contributed by atoms with van der Waals surface area (Å²) in [4.78, 5) is 0. The van der Waals surface area contributed by atoms with Crippen LogP contribution in [-0.4, -0.2) is 0 Å². The topological polar surface area (TPSA) is 23.8 Å². The highest BCUT2D eigenvalue weighted by Gasteiger charge is 2.00. The first-order chi connectivity index (χ1) is 4.33. The molecule has 1 unspecified atom stereocenters. The van der Waals surface area contributed by atoms with E-state index in [9.17, 15) is 0 Å². The maximum atomic E-state index is 8.41. The van der Waals surface area contributed by atoms with Gasteiger partial charge in [-0.2, -0.15) is 5.26 Å². The molecule has 0 fully saturated rings. The predicted octanol–water partition coefficient (Wildman–Crippen LogP) is 2.03. The molecule has 1 aliphatic carbocycles. The summed E-state index contributed by atoms with van der Waals surface area (Å²) in [6.45, 7) is 2.14. The van der Waals surface area contributed by atoms with Crippen molar-refractivity contribution in [3.63, 3.8) is 0 Å². The molecule has 1 nitrogen and oxygen atoms in total. The normalized spacial score (nSPS) is 24.9. The van der Waals surface area contributed by atoms with Crippen LogP contribution >= 0.6 is 0 Å². The SMILES string of the molecule is CC1C=CC(C#N)=CC1. The molecule has 0 spiro atoms. The van der Waals surface area contributed by atoms with Crippen LogP contribution in [0.15, 0.2) is 23.8 Å². The van der Waals surface area contributed by atoms with Crippen LogP contribution in [0.3, 0.4) is 0 Å². The summed E-state index contributed by atoms with van der Waals surface area (Å²) in [5.74, 6) is 0.613. The van der Waals surface area contributed by atoms with E-state index >= 15 is 0 Å². The molecule has 1 rings (SSSR count). The van der Waals surface area contributed by atoms with Gasteiger partial charge in [-0.15, -0.1) is 0 Å². The molecule has 0 aromatic carbocycles. The molecular weight excluding hydrogens is 110 g/mol. The maximum Gasteiger partial charge on any atom is 0.0988 e. The predicted molar refractivity (Wildman–Crippen MR) is 36.6 cm³/mol. The van der Waals surface area contributed by atoms with Crippen LogP contribution in [0.2, 0.25) is 0 Å². The monoisotopic (exact) mass is 119 g/mol. The Morgan fingerprint density at radius 3 is 3.00 bits per heavy atom. The van der Waals surface area contributed by atoms with E-state index in [4.69, 9.17) is 5.26 Å². The molecular formula is C8H9N. The second kappa shape index (κ2) is 2.50. The lowest BCUT2D eigenvalue weighted by molar-refractivity contribution is 0.733. The zero-order chi connectivity index (χ0) is 6.69. The van der Waals surface area contributed by atoms with Crippen LogP contribution in [0.5, 0.6) is 0 Å². The van der Waals surface area contributed by atoms with Gasteiger partial charge in [0.25, 0.3) is 0 Å². The molecule has 0 saturated carbocycles. The van der Waals surface area contributed by atoms with Crippen molar-refractivity contribution >= 4 is 0 Å². The van der Waals surface area contributed by atoms with Crippen LogP contribution in [0.1, 0.15) is 13.3 Å². The van der Waals surface area contributed by atoms with E-state index in [0.717, 1.165) is 12.0 Å². The van der Waals surface area contributed by atoms with Gasteiger partial charge in [-0.3, -0.25) is 0 Å². The van der Waals surface area contributed by atoms with E-state index in [1.54, 1.807) is 0 Å². The van der Waals surface area contributed by atoms with Crippen molar-refractivity contribution in [3.8, 4) is 6.07 Å². The Labute approximate surface area is 55.3 Å². The van der Waals surface area contributed by atoms with Crippen molar-refractivity contribution in [2.45, 2.75) is 13.3 Å². The molecule has 0 saturated heterocycles. The summed E-state index contributed by atoms with van der Waals surface area (Å²) in [6.07, 6.45) is 6.94. The third kappa shape index (κ3) is 1.43. The minimum absolute atomic E-state index is 0.613. The first kappa shape index (κ1) is 6.10. The van der Waals surface area contributed by atoms with Gasteiger partial charge in [-0.05, 0) is 18.4 Å². The Morgan fingerprint density at radius 1 is 1.78 bits per heavy atom. The van der Waals surface area contributed by atoms with Gasteiger partial charge in [-0.1, -0.05) is 19.1 Å². The van der Waals surface area contributed by atoms with Crippen LogP contribution in [0.25, 0.3) is 0 Å². The van der Waals surface area contributed by atoms with Crippen molar-refractivity contribution in [1.29, 1.82) is 5.26 Å². The summed E-state index contributed by atoms with van der Waals surface area (Å²) >= 11 is 0. The lowest BCUT2D eigenvalue weighted by Crippen LogP contribution is -1.92. The average Bonchev–Trinajstić information content (AvgIpc) is 1.90. The largest absolute Gasteiger partial charge is 0.192 e. The van der Waals surface area contributed by atoms with Crippen molar-refractivity contribution < 1.29 is 0 Å². The van der Waals surface area contributed by atoms with Crippen LogP contribution in [-0.2, 0) is 0 Å². The smallest absolute Gasteiger partial charge is 0.0988 e. The molecule has 0 bridgehead atoms. The quantitative estimate of drug-likeness (QED) is 0.478. The number of rotatable bonds is 0. The van der Waals surface area contributed by atoms with Crippen LogP contribution in [0.4, 0.5) is 0 Å². The van der Waals surface area contributed by atoms with Gasteiger partial charge in [0, 0.05) is 5.57 Å². The molecule has 0 aromatic heterocycles. The Morgan fingerprint density at radius 2 is 2.56 bits per heavy atom. The summed E-state index contributed by atoms with van der Waals surface area (Å²) in [5, 5.41) is 8.41. The van der Waals surface area contributed by atoms with Crippen molar-refractivity contribution in [3.05, 3.63) is 23.8 Å². The Hall–Kier alpha value is -1.03. The van der Waals surface area contributed by atoms with E-state index in [2.05, 4.69) is 19.1 Å². The molecule has 0 heterocycles. The molecule has 0 aliphatic heterocycles. The third-order valence-corrected chi connectivity index (χ3v) is 1.44. The summed E-state index contributed by atoms with van der Waals surface area (Å²) < 4.78 is 0. The highest BCUT2D eigenvalue weighted by molar-refractivity contribution is 5.35. The van der Waals surface area contributed by atoms with Gasteiger partial charge >= 0.3 is 0 Å². The zero-order valence-corrected chi connectivity index (χ0v) is 5.46. The van der Waals surface area contributed by atoms with E-state index in [1.165, 1.54) is 0 Å². The first-order valence-electron chi connectivity index (χ1n) is 3.11. The standard InChI is InChI=1S/C8H9N/c1-7-2-4-8(6-9)5-3-7/h2,4-5,7H,3H2,1H3. The molecule has 46 valence electrons. The summed E-state index contributed by atoms with van der Waals surface area (Å²) in [7, 11) is 0. The second-order valence-electron chi connectivity index (χ2n) is 2.34. The van der Waals surface area contributed by atoms with Gasteiger partial charge < -0.3 is 0 Å². The fourth-order valence-electron chi connectivity index (χ4n) is 0.810. The Balaban J connectivity index is 2.66. The van der Waals surface area contributed by atoms with Gasteiger partial charge in [0.2, 0.25) is 0 Å². The number of nitrogens with zero attached hydrogens (tertiary/aromatic N) is 1. The summed E-state index contributed by atoms with van der Waals surface area (Å²) in [5.41, 5.74) is 0.799. The van der Waals surface area contributed by atoms with Gasteiger partial charge in [0.05, 0.1) is 6.07 Å². The molecule has 1 aliphatic rings. The van der Waals surface area contributed by atoms with Crippen molar-refractivity contribution in [2.75, 3.05) is 0 Å². The molecule has 0 radical (unpaired) electrons. The molecule has 0 N–H and O–H groups in total. The molecule has 1 heteroatoms. The molecule has 9 heavy (non-hydrogen) atoms. The number of allylic oxidation sites excluding steroid dienone is 4.